The van der Waals surface area contributed by atoms with Crippen LogP contribution in [0.1, 0.15) is 12.5 Å². The molecule has 0 atom stereocenters. The lowest BCUT2D eigenvalue weighted by molar-refractivity contribution is -0.115. The Morgan fingerprint density at radius 3 is 2.11 bits per heavy atom. The average Bonchev–Trinajstić information content (AvgIpc) is 2.70. The number of carbonyl (C=O) groups is 1. The molecule has 0 saturated heterocycles. The Morgan fingerprint density at radius 2 is 1.48 bits per heavy atom. The molecule has 1 N–H and O–H groups in total. The van der Waals surface area contributed by atoms with E-state index in [-0.39, 0.29) is 5.91 Å². The van der Waals surface area contributed by atoms with Gasteiger partial charge >= 0.3 is 0 Å². The number of anilines is 1. The molecular weight excluding hydrogens is 354 g/mol. The number of nitrogens with zero attached hydrogens (tertiary/aromatic N) is 2. The van der Waals surface area contributed by atoms with Crippen molar-refractivity contribution < 1.29 is 4.79 Å². The zero-order valence-electron chi connectivity index (χ0n) is 15.1. The second-order valence-electron chi connectivity index (χ2n) is 5.88. The highest BCUT2D eigenvalue weighted by Gasteiger charge is 2.05. The Kier molecular flexibility index (Phi) is 6.77. The van der Waals surface area contributed by atoms with Crippen LogP contribution in [0.4, 0.5) is 17.1 Å². The molecule has 4 nitrogen and oxygen atoms in total. The van der Waals surface area contributed by atoms with E-state index in [0.29, 0.717) is 6.42 Å². The van der Waals surface area contributed by atoms with Gasteiger partial charge < -0.3 is 5.32 Å². The molecule has 136 valence electrons. The van der Waals surface area contributed by atoms with E-state index in [9.17, 15) is 4.79 Å². The quantitative estimate of drug-likeness (QED) is 0.384. The molecule has 0 aliphatic heterocycles. The fourth-order valence-corrected chi connectivity index (χ4v) is 3.14. The van der Waals surface area contributed by atoms with Crippen LogP contribution in [0, 0.1) is 0 Å². The summed E-state index contributed by atoms with van der Waals surface area (Å²) in [6.07, 6.45) is 0.354. The summed E-state index contributed by atoms with van der Waals surface area (Å²) in [5, 5.41) is 11.3. The van der Waals surface area contributed by atoms with E-state index in [4.69, 9.17) is 0 Å². The Labute approximate surface area is 163 Å². The van der Waals surface area contributed by atoms with Crippen molar-refractivity contribution in [1.29, 1.82) is 0 Å². The summed E-state index contributed by atoms with van der Waals surface area (Å²) < 4.78 is 0. The van der Waals surface area contributed by atoms with Crippen LogP contribution in [-0.2, 0) is 11.2 Å². The third-order valence-electron chi connectivity index (χ3n) is 3.79. The Morgan fingerprint density at radius 1 is 0.852 bits per heavy atom. The van der Waals surface area contributed by atoms with Crippen LogP contribution in [0.15, 0.2) is 94.0 Å². The molecule has 0 aliphatic carbocycles. The van der Waals surface area contributed by atoms with Crippen molar-refractivity contribution in [3.8, 4) is 0 Å². The van der Waals surface area contributed by atoms with Crippen LogP contribution in [0.2, 0.25) is 0 Å². The number of hydrogen-bond acceptors (Lipinski definition) is 4. The molecule has 3 aromatic carbocycles. The molecule has 1 amide bonds. The van der Waals surface area contributed by atoms with Crippen LogP contribution >= 0.6 is 11.8 Å². The fourth-order valence-electron chi connectivity index (χ4n) is 2.48. The first-order valence-electron chi connectivity index (χ1n) is 8.81. The number of amides is 1. The maximum absolute atomic E-state index is 12.2. The van der Waals surface area contributed by atoms with Crippen molar-refractivity contribution in [2.45, 2.75) is 18.2 Å². The minimum absolute atomic E-state index is 0.0374. The summed E-state index contributed by atoms with van der Waals surface area (Å²) in [5.74, 6) is 1.00. The van der Waals surface area contributed by atoms with E-state index in [1.807, 2.05) is 66.7 Å². The highest BCUT2D eigenvalue weighted by Crippen LogP contribution is 2.21. The first kappa shape index (κ1) is 18.9. The molecule has 27 heavy (non-hydrogen) atoms. The smallest absolute Gasteiger partial charge is 0.228 e. The van der Waals surface area contributed by atoms with Gasteiger partial charge in [0, 0.05) is 10.6 Å². The molecular formula is C22H21N3OS. The summed E-state index contributed by atoms with van der Waals surface area (Å²) in [7, 11) is 0. The van der Waals surface area contributed by atoms with E-state index in [2.05, 4.69) is 34.6 Å². The lowest BCUT2D eigenvalue weighted by Gasteiger charge is -2.06. The molecule has 0 saturated carbocycles. The first-order valence-corrected chi connectivity index (χ1v) is 9.80. The molecule has 5 heteroatoms. The molecule has 0 spiro atoms. The van der Waals surface area contributed by atoms with Crippen LogP contribution < -0.4 is 5.32 Å². The van der Waals surface area contributed by atoms with Gasteiger partial charge in [0.15, 0.2) is 0 Å². The van der Waals surface area contributed by atoms with Gasteiger partial charge in [-0.15, -0.1) is 11.8 Å². The van der Waals surface area contributed by atoms with Gasteiger partial charge in [-0.1, -0.05) is 37.3 Å². The summed E-state index contributed by atoms with van der Waals surface area (Å²) in [6.45, 7) is 2.13. The van der Waals surface area contributed by atoms with Crippen LogP contribution in [0.3, 0.4) is 0 Å². The van der Waals surface area contributed by atoms with Gasteiger partial charge in [0.25, 0.3) is 0 Å². The molecule has 0 radical (unpaired) electrons. The predicted molar refractivity (Wildman–Crippen MR) is 112 cm³/mol. The van der Waals surface area contributed by atoms with E-state index in [1.165, 1.54) is 4.90 Å². The van der Waals surface area contributed by atoms with Crippen molar-refractivity contribution >= 4 is 34.7 Å². The minimum Gasteiger partial charge on any atom is -0.326 e. The number of carbonyl (C=O) groups excluding carboxylic acids is 1. The van der Waals surface area contributed by atoms with E-state index < -0.39 is 0 Å². The second kappa shape index (κ2) is 9.69. The molecule has 3 aromatic rings. The topological polar surface area (TPSA) is 53.8 Å². The van der Waals surface area contributed by atoms with Crippen molar-refractivity contribution in [1.82, 2.24) is 0 Å². The SMILES string of the molecule is CCSc1ccc(CC(=O)Nc2ccc(N=Nc3ccccc3)cc2)cc1. The zero-order valence-corrected chi connectivity index (χ0v) is 15.9. The Balaban J connectivity index is 1.54. The van der Waals surface area contributed by atoms with Crippen LogP contribution in [-0.4, -0.2) is 11.7 Å². The molecule has 0 fully saturated rings. The highest BCUT2D eigenvalue weighted by atomic mass is 32.2. The van der Waals surface area contributed by atoms with Crippen molar-refractivity contribution in [2.24, 2.45) is 10.2 Å². The monoisotopic (exact) mass is 375 g/mol. The summed E-state index contributed by atoms with van der Waals surface area (Å²) in [4.78, 5) is 13.5. The van der Waals surface area contributed by atoms with Crippen molar-refractivity contribution in [3.05, 3.63) is 84.4 Å². The number of hydrogen-bond donors (Lipinski definition) is 1. The van der Waals surface area contributed by atoms with Gasteiger partial charge in [-0.05, 0) is 59.8 Å². The number of azo groups is 1. The van der Waals surface area contributed by atoms with Gasteiger partial charge in [0.05, 0.1) is 17.8 Å². The number of thioether (sulfide) groups is 1. The van der Waals surface area contributed by atoms with Crippen LogP contribution in [0.25, 0.3) is 0 Å². The standard InChI is InChI=1S/C22H21N3OS/c1-2-27-21-14-8-17(9-15-21)16-22(26)23-18-10-12-20(13-11-18)25-24-19-6-4-3-5-7-19/h3-15H,2,16H2,1H3,(H,23,26). The van der Waals surface area contributed by atoms with Crippen molar-refractivity contribution in [3.63, 3.8) is 0 Å². The molecule has 0 aromatic heterocycles. The fraction of sp³-hybridized carbons (Fsp3) is 0.136. The average molecular weight is 375 g/mol. The second-order valence-corrected chi connectivity index (χ2v) is 7.22. The van der Waals surface area contributed by atoms with Gasteiger partial charge in [-0.2, -0.15) is 10.2 Å². The molecule has 0 aliphatic rings. The van der Waals surface area contributed by atoms with Gasteiger partial charge in [-0.25, -0.2) is 0 Å². The highest BCUT2D eigenvalue weighted by molar-refractivity contribution is 7.99. The van der Waals surface area contributed by atoms with Gasteiger partial charge in [0.1, 0.15) is 0 Å². The largest absolute Gasteiger partial charge is 0.326 e. The minimum atomic E-state index is -0.0374. The third-order valence-corrected chi connectivity index (χ3v) is 4.68. The Bertz CT molecular complexity index is 891. The molecule has 0 heterocycles. The number of nitrogens with one attached hydrogen (secondary N) is 1. The maximum Gasteiger partial charge on any atom is 0.228 e. The summed E-state index contributed by atoms with van der Waals surface area (Å²) in [5.41, 5.74) is 3.29. The van der Waals surface area contributed by atoms with E-state index in [0.717, 1.165) is 28.4 Å². The third kappa shape index (κ3) is 6.08. The Hall–Kier alpha value is -2.92. The summed E-state index contributed by atoms with van der Waals surface area (Å²) >= 11 is 1.79. The lowest BCUT2D eigenvalue weighted by atomic mass is 10.1. The van der Waals surface area contributed by atoms with Crippen molar-refractivity contribution in [2.75, 3.05) is 11.1 Å². The predicted octanol–water partition coefficient (Wildman–Crippen LogP) is 6.40. The lowest BCUT2D eigenvalue weighted by Crippen LogP contribution is -2.14. The first-order chi connectivity index (χ1) is 13.2. The van der Waals surface area contributed by atoms with E-state index in [1.54, 1.807) is 11.8 Å². The number of rotatable bonds is 7. The summed E-state index contributed by atoms with van der Waals surface area (Å²) in [6, 6.07) is 25.0. The maximum atomic E-state index is 12.2. The molecule has 3 rings (SSSR count). The van der Waals surface area contributed by atoms with Crippen LogP contribution in [0.5, 0.6) is 0 Å². The molecule has 0 bridgehead atoms. The molecule has 0 unspecified atom stereocenters. The number of benzene rings is 3. The normalized spacial score (nSPS) is 10.9. The van der Waals surface area contributed by atoms with E-state index >= 15 is 0 Å². The zero-order chi connectivity index (χ0) is 18.9. The van der Waals surface area contributed by atoms with Gasteiger partial charge in [-0.3, -0.25) is 4.79 Å². The van der Waals surface area contributed by atoms with Gasteiger partial charge in [0.2, 0.25) is 5.91 Å².